The van der Waals surface area contributed by atoms with Gasteiger partial charge in [-0.05, 0) is 166 Å². The zero-order valence-electron chi connectivity index (χ0n) is 37.2. The fourth-order valence-electron chi connectivity index (χ4n) is 11.3. The van der Waals surface area contributed by atoms with E-state index in [1.54, 1.807) is 0 Å². The maximum atomic E-state index is 2.46. The van der Waals surface area contributed by atoms with Gasteiger partial charge in [-0.2, -0.15) is 0 Å². The van der Waals surface area contributed by atoms with Crippen LogP contribution in [-0.2, 0) is 0 Å². The number of rotatable bonds is 6. The molecule has 0 N–H and O–H groups in total. The fourth-order valence-corrected chi connectivity index (χ4v) is 11.3. The first-order chi connectivity index (χ1) is 33.7. The van der Waals surface area contributed by atoms with Crippen LogP contribution in [0.25, 0.3) is 142 Å². The van der Waals surface area contributed by atoms with E-state index < -0.39 is 0 Å². The van der Waals surface area contributed by atoms with Crippen molar-refractivity contribution in [3.8, 4) is 66.8 Å². The molecule has 0 saturated heterocycles. The molecule has 314 valence electrons. The van der Waals surface area contributed by atoms with Crippen molar-refractivity contribution in [2.75, 3.05) is 0 Å². The highest BCUT2D eigenvalue weighted by Crippen LogP contribution is 2.50. The maximum Gasteiger partial charge on any atom is -0.00139 e. The number of fused-ring (bicyclic) bond motifs is 4. The predicted octanol–water partition coefficient (Wildman–Crippen LogP) is 19.2. The van der Waals surface area contributed by atoms with Crippen molar-refractivity contribution in [1.29, 1.82) is 0 Å². The Labute approximate surface area is 395 Å². The Morgan fingerprint density at radius 1 is 0.147 bits per heavy atom. The lowest BCUT2D eigenvalue weighted by atomic mass is 9.81. The summed E-state index contributed by atoms with van der Waals surface area (Å²) in [5.74, 6) is 0. The van der Waals surface area contributed by atoms with Gasteiger partial charge in [0.15, 0.2) is 0 Å². The zero-order chi connectivity index (χ0) is 44.7. The molecule has 14 aromatic rings. The van der Waals surface area contributed by atoms with Gasteiger partial charge in [0.05, 0.1) is 0 Å². The predicted molar refractivity (Wildman–Crippen MR) is 293 cm³/mol. The molecular weight excluding hydrogens is 817 g/mol. The van der Waals surface area contributed by atoms with Crippen LogP contribution in [0.4, 0.5) is 0 Å². The lowest BCUT2D eigenvalue weighted by Crippen LogP contribution is -1.95. The summed E-state index contributed by atoms with van der Waals surface area (Å²) in [7, 11) is 0. The van der Waals surface area contributed by atoms with Gasteiger partial charge >= 0.3 is 0 Å². The lowest BCUT2D eigenvalue weighted by Gasteiger charge is -2.22. The summed E-state index contributed by atoms with van der Waals surface area (Å²) in [6.07, 6.45) is 0. The Kier molecular flexibility index (Phi) is 8.69. The second-order valence-corrected chi connectivity index (χ2v) is 18.3. The number of hydrogen-bond acceptors (Lipinski definition) is 0. The summed E-state index contributed by atoms with van der Waals surface area (Å²) in [5, 5.41) is 17.7. The first-order valence-corrected chi connectivity index (χ1v) is 23.6. The van der Waals surface area contributed by atoms with Crippen LogP contribution in [0.2, 0.25) is 0 Å². The van der Waals surface area contributed by atoms with Crippen LogP contribution < -0.4 is 0 Å². The van der Waals surface area contributed by atoms with E-state index in [1.165, 1.54) is 142 Å². The van der Waals surface area contributed by atoms with E-state index in [1.807, 2.05) is 0 Å². The summed E-state index contributed by atoms with van der Waals surface area (Å²) in [6, 6.07) is 95.0. The Bertz CT molecular complexity index is 4000. The topological polar surface area (TPSA) is 0 Å². The minimum atomic E-state index is 1.20. The van der Waals surface area contributed by atoms with Crippen LogP contribution in [0.1, 0.15) is 0 Å². The Hall–Kier alpha value is -8.84. The van der Waals surface area contributed by atoms with Gasteiger partial charge in [-0.3, -0.25) is 0 Å². The van der Waals surface area contributed by atoms with Crippen molar-refractivity contribution in [3.63, 3.8) is 0 Å². The van der Waals surface area contributed by atoms with E-state index in [0.717, 1.165) is 0 Å². The molecule has 0 nitrogen and oxygen atoms in total. The highest BCUT2D eigenvalue weighted by molar-refractivity contribution is 6.33. The second-order valence-electron chi connectivity index (χ2n) is 18.3. The molecule has 14 rings (SSSR count). The van der Waals surface area contributed by atoms with Crippen LogP contribution in [0.3, 0.4) is 0 Å². The molecule has 0 bridgehead atoms. The molecule has 0 saturated carbocycles. The van der Waals surface area contributed by atoms with Gasteiger partial charge in [-0.1, -0.05) is 231 Å². The molecular formula is C68H42. The van der Waals surface area contributed by atoms with Crippen molar-refractivity contribution in [1.82, 2.24) is 0 Å². The van der Waals surface area contributed by atoms with E-state index in [2.05, 4.69) is 255 Å². The molecule has 68 heavy (non-hydrogen) atoms. The van der Waals surface area contributed by atoms with Crippen LogP contribution in [-0.4, -0.2) is 0 Å². The standard InChI is InChI=1S/C68H42/c1-3-15-51-39-53(33-27-43(51)11-1)45-23-29-49(30-24-45)63-41-65(57-21-9-17-47-13-5-7-19-55(47)57)61-38-36-60-64(50-31-25-46(26-32-50)54-34-28-44-12-2-4-16-52(44)40-54)42-66(62-37-35-59(63)67(61)68(60)62)58-22-10-18-48-14-6-8-20-56(48)58/h1-42H. The SMILES string of the molecule is c1ccc2cc(-c3ccc(-c4cc(-c5cccc6ccccc56)c5ccc6c(-c7ccc(-c8ccc9ccccc9c8)cc7)cc(-c7cccc8ccccc78)c7ccc4c5c67)cc3)ccc2c1. The molecule has 14 aromatic carbocycles. The summed E-state index contributed by atoms with van der Waals surface area (Å²) in [6.45, 7) is 0. The molecule has 0 fully saturated rings. The van der Waals surface area contributed by atoms with E-state index >= 15 is 0 Å². The first kappa shape index (κ1) is 38.4. The molecule has 0 unspecified atom stereocenters. The average Bonchev–Trinajstić information content (AvgIpc) is 3.41. The third kappa shape index (κ3) is 6.15. The normalized spacial score (nSPS) is 11.8. The quantitative estimate of drug-likeness (QED) is 0.146. The smallest absolute Gasteiger partial charge is 0.00139 e. The second kappa shape index (κ2) is 15.4. The van der Waals surface area contributed by atoms with Crippen LogP contribution in [0, 0.1) is 0 Å². The molecule has 0 aliphatic heterocycles. The van der Waals surface area contributed by atoms with Crippen molar-refractivity contribution in [2.24, 2.45) is 0 Å². The van der Waals surface area contributed by atoms with Crippen LogP contribution >= 0.6 is 0 Å². The highest BCUT2D eigenvalue weighted by atomic mass is 14.3. The Morgan fingerprint density at radius 3 is 0.897 bits per heavy atom. The summed E-state index contributed by atoms with van der Waals surface area (Å²) >= 11 is 0. The van der Waals surface area contributed by atoms with Gasteiger partial charge in [0.1, 0.15) is 0 Å². The maximum absolute atomic E-state index is 2.46. The molecule has 0 radical (unpaired) electrons. The zero-order valence-corrected chi connectivity index (χ0v) is 37.2. The van der Waals surface area contributed by atoms with Crippen molar-refractivity contribution in [2.45, 2.75) is 0 Å². The van der Waals surface area contributed by atoms with Crippen molar-refractivity contribution < 1.29 is 0 Å². The van der Waals surface area contributed by atoms with Gasteiger partial charge in [0.2, 0.25) is 0 Å². The van der Waals surface area contributed by atoms with E-state index in [9.17, 15) is 0 Å². The highest BCUT2D eigenvalue weighted by Gasteiger charge is 2.22. The Morgan fingerprint density at radius 2 is 0.471 bits per heavy atom. The van der Waals surface area contributed by atoms with Crippen LogP contribution in [0.15, 0.2) is 255 Å². The van der Waals surface area contributed by atoms with Crippen molar-refractivity contribution >= 4 is 75.4 Å². The molecule has 0 aromatic heterocycles. The van der Waals surface area contributed by atoms with Crippen molar-refractivity contribution in [3.05, 3.63) is 255 Å². The molecule has 0 atom stereocenters. The minimum Gasteiger partial charge on any atom is -0.0616 e. The summed E-state index contributed by atoms with van der Waals surface area (Å²) in [5.41, 5.74) is 14.7. The summed E-state index contributed by atoms with van der Waals surface area (Å²) < 4.78 is 0. The molecule has 0 spiro atoms. The molecule has 0 amide bonds. The summed E-state index contributed by atoms with van der Waals surface area (Å²) in [4.78, 5) is 0. The van der Waals surface area contributed by atoms with E-state index in [4.69, 9.17) is 0 Å². The minimum absolute atomic E-state index is 1.20. The third-order valence-corrected chi connectivity index (χ3v) is 14.6. The molecule has 0 heterocycles. The molecule has 0 heteroatoms. The fraction of sp³-hybridized carbons (Fsp3) is 0. The number of benzene rings is 14. The van der Waals surface area contributed by atoms with Gasteiger partial charge in [-0.15, -0.1) is 0 Å². The van der Waals surface area contributed by atoms with Crippen LogP contribution in [0.5, 0.6) is 0 Å². The number of hydrogen-bond donors (Lipinski definition) is 0. The average molecular weight is 859 g/mol. The van der Waals surface area contributed by atoms with E-state index in [-0.39, 0.29) is 0 Å². The largest absolute Gasteiger partial charge is 0.0616 e. The van der Waals surface area contributed by atoms with Gasteiger partial charge in [-0.25, -0.2) is 0 Å². The van der Waals surface area contributed by atoms with Gasteiger partial charge < -0.3 is 0 Å². The monoisotopic (exact) mass is 858 g/mol. The Balaban J connectivity index is 1.04. The molecule has 0 aliphatic rings. The lowest BCUT2D eigenvalue weighted by molar-refractivity contribution is 1.61. The van der Waals surface area contributed by atoms with Gasteiger partial charge in [0, 0.05) is 0 Å². The van der Waals surface area contributed by atoms with E-state index in [0.29, 0.717) is 0 Å². The first-order valence-electron chi connectivity index (χ1n) is 23.6. The molecule has 0 aliphatic carbocycles. The van der Waals surface area contributed by atoms with Gasteiger partial charge in [0.25, 0.3) is 0 Å². The third-order valence-electron chi connectivity index (χ3n) is 14.6.